The highest BCUT2D eigenvalue weighted by atomic mass is 16.2. The second-order valence-corrected chi connectivity index (χ2v) is 5.72. The van der Waals surface area contributed by atoms with Gasteiger partial charge in [-0.25, -0.2) is 4.98 Å². The zero-order chi connectivity index (χ0) is 16.7. The van der Waals surface area contributed by atoms with Crippen molar-refractivity contribution in [3.8, 4) is 0 Å². The monoisotopic (exact) mass is 312 g/mol. The fourth-order valence-corrected chi connectivity index (χ4v) is 2.19. The van der Waals surface area contributed by atoms with Crippen LogP contribution in [-0.2, 0) is 0 Å². The van der Waals surface area contributed by atoms with Crippen LogP contribution in [0.2, 0.25) is 0 Å². The second-order valence-electron chi connectivity index (χ2n) is 5.72. The lowest BCUT2D eigenvalue weighted by Crippen LogP contribution is -2.27. The van der Waals surface area contributed by atoms with Crippen LogP contribution in [0.5, 0.6) is 0 Å². The third-order valence-corrected chi connectivity index (χ3v) is 3.54. The summed E-state index contributed by atoms with van der Waals surface area (Å²) in [5, 5.41) is 3.31. The topological polar surface area (TPSA) is 48.5 Å². The Balaban J connectivity index is 1.92. The highest BCUT2D eigenvalue weighted by Gasteiger charge is 2.14. The Morgan fingerprint density at radius 1 is 1.09 bits per heavy atom. The number of carbonyl (C=O) groups is 1. The number of anilines is 2. The first-order valence-corrected chi connectivity index (χ1v) is 7.75. The smallest absolute Gasteiger partial charge is 0.276 e. The van der Waals surface area contributed by atoms with Crippen LogP contribution in [0.4, 0.5) is 11.4 Å². The molecule has 122 valence electrons. The second kappa shape index (κ2) is 8.29. The van der Waals surface area contributed by atoms with Gasteiger partial charge >= 0.3 is 0 Å². The van der Waals surface area contributed by atoms with Gasteiger partial charge in [0.25, 0.3) is 5.91 Å². The summed E-state index contributed by atoms with van der Waals surface area (Å²) < 4.78 is 0. The highest BCUT2D eigenvalue weighted by molar-refractivity contribution is 6.04. The Morgan fingerprint density at radius 3 is 2.43 bits per heavy atom. The molecule has 0 atom stereocenters. The standard InChI is InChI=1S/C18H24N4O/c1-21(2)13-7-12-19-15-10-11-17(20-14-15)18(23)22(3)16-8-5-4-6-9-16/h4-6,8-11,14,19H,7,12-13H2,1-3H3. The maximum Gasteiger partial charge on any atom is 0.276 e. The fourth-order valence-electron chi connectivity index (χ4n) is 2.19. The first kappa shape index (κ1) is 17.0. The van der Waals surface area contributed by atoms with Crippen LogP contribution in [-0.4, -0.2) is 50.0 Å². The number of hydrogen-bond acceptors (Lipinski definition) is 4. The van der Waals surface area contributed by atoms with Gasteiger partial charge in [0.2, 0.25) is 0 Å². The fraction of sp³-hybridized carbons (Fsp3) is 0.333. The van der Waals surface area contributed by atoms with Gasteiger partial charge in [-0.15, -0.1) is 0 Å². The zero-order valence-electron chi connectivity index (χ0n) is 14.0. The third-order valence-electron chi connectivity index (χ3n) is 3.54. The number of nitrogens with zero attached hydrogens (tertiary/aromatic N) is 3. The zero-order valence-corrected chi connectivity index (χ0v) is 14.0. The first-order valence-electron chi connectivity index (χ1n) is 7.75. The van der Waals surface area contributed by atoms with Gasteiger partial charge in [-0.2, -0.15) is 0 Å². The van der Waals surface area contributed by atoms with Gasteiger partial charge in [-0.1, -0.05) is 18.2 Å². The van der Waals surface area contributed by atoms with Crippen molar-refractivity contribution in [2.45, 2.75) is 6.42 Å². The number of nitrogens with one attached hydrogen (secondary N) is 1. The molecule has 1 heterocycles. The summed E-state index contributed by atoms with van der Waals surface area (Å²) >= 11 is 0. The summed E-state index contributed by atoms with van der Waals surface area (Å²) in [6, 6.07) is 13.2. The summed E-state index contributed by atoms with van der Waals surface area (Å²) in [4.78, 5) is 20.5. The number of amides is 1. The lowest BCUT2D eigenvalue weighted by molar-refractivity contribution is 0.0988. The van der Waals surface area contributed by atoms with Crippen molar-refractivity contribution >= 4 is 17.3 Å². The highest BCUT2D eigenvalue weighted by Crippen LogP contribution is 2.15. The minimum atomic E-state index is -0.115. The molecule has 2 rings (SSSR count). The van der Waals surface area contributed by atoms with Gasteiger partial charge in [0.05, 0.1) is 11.9 Å². The number of benzene rings is 1. The van der Waals surface area contributed by atoms with Gasteiger partial charge in [0.1, 0.15) is 5.69 Å². The molecule has 0 aliphatic rings. The van der Waals surface area contributed by atoms with Gasteiger partial charge in [-0.3, -0.25) is 4.79 Å². The molecule has 0 spiro atoms. The number of para-hydroxylation sites is 1. The lowest BCUT2D eigenvalue weighted by atomic mass is 10.2. The van der Waals surface area contributed by atoms with Crippen molar-refractivity contribution in [3.05, 3.63) is 54.4 Å². The van der Waals surface area contributed by atoms with E-state index in [1.165, 1.54) is 0 Å². The minimum absolute atomic E-state index is 0.115. The lowest BCUT2D eigenvalue weighted by Gasteiger charge is -2.17. The Kier molecular flexibility index (Phi) is 6.11. The van der Waals surface area contributed by atoms with Gasteiger partial charge < -0.3 is 15.1 Å². The predicted molar refractivity (Wildman–Crippen MR) is 95.1 cm³/mol. The van der Waals surface area contributed by atoms with E-state index in [2.05, 4.69) is 29.3 Å². The molecule has 0 saturated heterocycles. The molecule has 1 aromatic carbocycles. The Hall–Kier alpha value is -2.40. The van der Waals surface area contributed by atoms with Crippen LogP contribution >= 0.6 is 0 Å². The quantitative estimate of drug-likeness (QED) is 0.799. The summed E-state index contributed by atoms with van der Waals surface area (Å²) in [6.45, 7) is 1.93. The van der Waals surface area contributed by atoms with E-state index < -0.39 is 0 Å². The van der Waals surface area contributed by atoms with E-state index in [0.29, 0.717) is 5.69 Å². The first-order chi connectivity index (χ1) is 11.1. The molecule has 0 radical (unpaired) electrons. The number of aromatic nitrogens is 1. The van der Waals surface area contributed by atoms with Crippen LogP contribution in [0.3, 0.4) is 0 Å². The van der Waals surface area contributed by atoms with E-state index in [-0.39, 0.29) is 5.91 Å². The van der Waals surface area contributed by atoms with E-state index in [1.54, 1.807) is 24.2 Å². The van der Waals surface area contributed by atoms with Gasteiger partial charge in [-0.05, 0) is 51.3 Å². The van der Waals surface area contributed by atoms with Crippen molar-refractivity contribution in [1.29, 1.82) is 0 Å². The van der Waals surface area contributed by atoms with Crippen molar-refractivity contribution in [2.24, 2.45) is 0 Å². The molecular weight excluding hydrogens is 288 g/mol. The Morgan fingerprint density at radius 2 is 1.83 bits per heavy atom. The summed E-state index contributed by atoms with van der Waals surface area (Å²) in [6.07, 6.45) is 2.77. The predicted octanol–water partition coefficient (Wildman–Crippen LogP) is 2.72. The van der Waals surface area contributed by atoms with Crippen LogP contribution in [0.25, 0.3) is 0 Å². The molecule has 0 unspecified atom stereocenters. The average molecular weight is 312 g/mol. The summed E-state index contributed by atoms with van der Waals surface area (Å²) in [5.74, 6) is -0.115. The van der Waals surface area contributed by atoms with E-state index in [4.69, 9.17) is 0 Å². The normalized spacial score (nSPS) is 10.6. The van der Waals surface area contributed by atoms with E-state index >= 15 is 0 Å². The van der Waals surface area contributed by atoms with Crippen molar-refractivity contribution in [2.75, 3.05) is 44.4 Å². The average Bonchev–Trinajstić information content (AvgIpc) is 2.58. The SMILES string of the molecule is CN(C)CCCNc1ccc(C(=O)N(C)c2ccccc2)nc1. The Labute approximate surface area is 137 Å². The maximum absolute atomic E-state index is 12.4. The molecular formula is C18H24N4O. The molecule has 0 aliphatic carbocycles. The van der Waals surface area contributed by atoms with Crippen LogP contribution < -0.4 is 10.2 Å². The van der Waals surface area contributed by atoms with Gasteiger partial charge in [0, 0.05) is 19.3 Å². The molecule has 1 aromatic heterocycles. The molecule has 0 saturated carbocycles. The minimum Gasteiger partial charge on any atom is -0.384 e. The number of pyridine rings is 1. The largest absolute Gasteiger partial charge is 0.384 e. The molecule has 0 aliphatic heterocycles. The summed E-state index contributed by atoms with van der Waals surface area (Å²) in [7, 11) is 5.88. The molecule has 0 bridgehead atoms. The third kappa shape index (κ3) is 5.07. The van der Waals surface area contributed by atoms with Crippen LogP contribution in [0, 0.1) is 0 Å². The van der Waals surface area contributed by atoms with Gasteiger partial charge in [0.15, 0.2) is 0 Å². The molecule has 5 heteroatoms. The molecule has 1 N–H and O–H groups in total. The van der Waals surface area contributed by atoms with Crippen molar-refractivity contribution in [1.82, 2.24) is 9.88 Å². The number of rotatable bonds is 7. The maximum atomic E-state index is 12.4. The molecule has 1 amide bonds. The molecule has 2 aromatic rings. The van der Waals surface area contributed by atoms with Crippen LogP contribution in [0.1, 0.15) is 16.9 Å². The van der Waals surface area contributed by atoms with Crippen molar-refractivity contribution in [3.63, 3.8) is 0 Å². The molecule has 23 heavy (non-hydrogen) atoms. The van der Waals surface area contributed by atoms with Crippen molar-refractivity contribution < 1.29 is 4.79 Å². The molecule has 5 nitrogen and oxygen atoms in total. The van der Waals surface area contributed by atoms with Crippen LogP contribution in [0.15, 0.2) is 48.7 Å². The summed E-state index contributed by atoms with van der Waals surface area (Å²) in [5.41, 5.74) is 2.23. The van der Waals surface area contributed by atoms with E-state index in [1.807, 2.05) is 36.4 Å². The molecule has 0 fully saturated rings. The number of hydrogen-bond donors (Lipinski definition) is 1. The van der Waals surface area contributed by atoms with E-state index in [0.717, 1.165) is 30.9 Å². The Bertz CT molecular complexity index is 611. The number of carbonyl (C=O) groups excluding carboxylic acids is 1. The van der Waals surface area contributed by atoms with E-state index in [9.17, 15) is 4.79 Å².